The Balaban J connectivity index is 2.56. The van der Waals surface area contributed by atoms with E-state index in [1.807, 2.05) is 36.4 Å². The Bertz CT molecular complexity index is 524. The highest BCUT2D eigenvalue weighted by Crippen LogP contribution is 2.36. The molecule has 2 heteroatoms. The van der Waals surface area contributed by atoms with Crippen molar-refractivity contribution in [1.82, 2.24) is 0 Å². The molecule has 2 aromatic carbocycles. The van der Waals surface area contributed by atoms with Gasteiger partial charge in [0.05, 0.1) is 12.6 Å². The smallest absolute Gasteiger partial charge is 0.124 e. The number of nitrogens with two attached hydrogens (primary N) is 1. The molecular weight excluding hydrogens is 234 g/mol. The average molecular weight is 255 g/mol. The third-order valence-electron chi connectivity index (χ3n) is 3.52. The Morgan fingerprint density at radius 2 is 1.63 bits per heavy atom. The lowest BCUT2D eigenvalue weighted by molar-refractivity contribution is 0.387. The molecule has 0 fully saturated rings. The molecule has 100 valence electrons. The van der Waals surface area contributed by atoms with Crippen LogP contribution in [0.2, 0.25) is 0 Å². The van der Waals surface area contributed by atoms with Crippen LogP contribution in [-0.4, -0.2) is 7.11 Å². The number of hydrogen-bond acceptors (Lipinski definition) is 2. The summed E-state index contributed by atoms with van der Waals surface area (Å²) >= 11 is 0. The first-order valence-corrected chi connectivity index (χ1v) is 6.70. The number of rotatable bonds is 5. The van der Waals surface area contributed by atoms with Crippen LogP contribution in [0.1, 0.15) is 30.9 Å². The highest BCUT2D eigenvalue weighted by atomic mass is 16.5. The van der Waals surface area contributed by atoms with Crippen LogP contribution < -0.4 is 10.5 Å². The molecule has 0 aliphatic heterocycles. The van der Waals surface area contributed by atoms with Crippen molar-refractivity contribution in [2.24, 2.45) is 5.73 Å². The zero-order valence-corrected chi connectivity index (χ0v) is 11.6. The molecule has 0 heterocycles. The zero-order valence-electron chi connectivity index (χ0n) is 11.6. The molecule has 0 radical (unpaired) electrons. The van der Waals surface area contributed by atoms with Crippen molar-refractivity contribution in [1.29, 1.82) is 0 Å². The number of para-hydroxylation sites is 1. The minimum absolute atomic E-state index is 0.497. The molecule has 0 amide bonds. The maximum Gasteiger partial charge on any atom is 0.124 e. The zero-order chi connectivity index (χ0) is 13.7. The molecule has 2 N–H and O–H groups in total. The minimum Gasteiger partial charge on any atom is -0.496 e. The van der Waals surface area contributed by atoms with Gasteiger partial charge in [-0.1, -0.05) is 61.9 Å². The fourth-order valence-electron chi connectivity index (χ4n) is 2.58. The van der Waals surface area contributed by atoms with Gasteiger partial charge in [-0.15, -0.1) is 0 Å². The van der Waals surface area contributed by atoms with E-state index < -0.39 is 5.54 Å². The highest BCUT2D eigenvalue weighted by Gasteiger charge is 2.31. The summed E-state index contributed by atoms with van der Waals surface area (Å²) in [5, 5.41) is 0. The van der Waals surface area contributed by atoms with Gasteiger partial charge < -0.3 is 10.5 Å². The normalized spacial score (nSPS) is 13.8. The van der Waals surface area contributed by atoms with Crippen molar-refractivity contribution >= 4 is 0 Å². The number of methoxy groups -OCH3 is 1. The molecule has 19 heavy (non-hydrogen) atoms. The van der Waals surface area contributed by atoms with Crippen molar-refractivity contribution in [2.45, 2.75) is 25.3 Å². The van der Waals surface area contributed by atoms with Crippen molar-refractivity contribution in [3.05, 3.63) is 65.7 Å². The quantitative estimate of drug-likeness (QED) is 0.884. The summed E-state index contributed by atoms with van der Waals surface area (Å²) in [6.07, 6.45) is 1.90. The van der Waals surface area contributed by atoms with E-state index in [1.54, 1.807) is 7.11 Å². The number of benzene rings is 2. The molecule has 0 bridgehead atoms. The van der Waals surface area contributed by atoms with Crippen LogP contribution in [0.15, 0.2) is 54.6 Å². The van der Waals surface area contributed by atoms with Crippen molar-refractivity contribution in [3.8, 4) is 5.75 Å². The first kappa shape index (κ1) is 13.6. The second kappa shape index (κ2) is 5.89. The second-order valence-corrected chi connectivity index (χ2v) is 4.79. The van der Waals surface area contributed by atoms with E-state index in [2.05, 4.69) is 25.1 Å². The molecule has 0 saturated carbocycles. The van der Waals surface area contributed by atoms with Crippen LogP contribution in [0.5, 0.6) is 5.75 Å². The van der Waals surface area contributed by atoms with E-state index >= 15 is 0 Å². The predicted molar refractivity (Wildman–Crippen MR) is 79.3 cm³/mol. The topological polar surface area (TPSA) is 35.2 Å². The van der Waals surface area contributed by atoms with Gasteiger partial charge in [0, 0.05) is 5.56 Å². The van der Waals surface area contributed by atoms with Crippen molar-refractivity contribution in [2.75, 3.05) is 7.11 Å². The van der Waals surface area contributed by atoms with E-state index in [1.165, 1.54) is 0 Å². The first-order chi connectivity index (χ1) is 9.22. The van der Waals surface area contributed by atoms with Crippen LogP contribution in [-0.2, 0) is 5.54 Å². The van der Waals surface area contributed by atoms with Crippen LogP contribution in [0, 0.1) is 0 Å². The van der Waals surface area contributed by atoms with E-state index in [0.717, 1.165) is 29.7 Å². The van der Waals surface area contributed by atoms with Gasteiger partial charge in [-0.2, -0.15) is 0 Å². The maximum atomic E-state index is 6.75. The Morgan fingerprint density at radius 1 is 1.00 bits per heavy atom. The van der Waals surface area contributed by atoms with E-state index in [0.29, 0.717) is 0 Å². The maximum absolute atomic E-state index is 6.75. The molecule has 0 saturated heterocycles. The van der Waals surface area contributed by atoms with Crippen LogP contribution in [0.3, 0.4) is 0 Å². The second-order valence-electron chi connectivity index (χ2n) is 4.79. The third-order valence-corrected chi connectivity index (χ3v) is 3.52. The van der Waals surface area contributed by atoms with Crippen molar-refractivity contribution < 1.29 is 4.74 Å². The molecular formula is C17H21NO. The summed E-state index contributed by atoms with van der Waals surface area (Å²) in [6, 6.07) is 18.3. The Morgan fingerprint density at radius 3 is 2.26 bits per heavy atom. The summed E-state index contributed by atoms with van der Waals surface area (Å²) < 4.78 is 5.48. The lowest BCUT2D eigenvalue weighted by Crippen LogP contribution is -2.38. The molecule has 1 atom stereocenters. The monoisotopic (exact) mass is 255 g/mol. The molecule has 0 aliphatic carbocycles. The van der Waals surface area contributed by atoms with Gasteiger partial charge in [0.2, 0.25) is 0 Å². The lowest BCUT2D eigenvalue weighted by atomic mass is 9.80. The SMILES string of the molecule is CCCC(N)(c1ccccc1)c1ccccc1OC. The molecule has 0 aliphatic rings. The predicted octanol–water partition coefficient (Wildman–Crippen LogP) is 3.70. The molecule has 2 nitrogen and oxygen atoms in total. The van der Waals surface area contributed by atoms with E-state index in [9.17, 15) is 0 Å². The van der Waals surface area contributed by atoms with E-state index in [-0.39, 0.29) is 0 Å². The first-order valence-electron chi connectivity index (χ1n) is 6.70. The number of hydrogen-bond donors (Lipinski definition) is 1. The molecule has 2 rings (SSSR count). The Labute approximate surface area is 115 Å². The summed E-state index contributed by atoms with van der Waals surface area (Å²) in [5.41, 5.74) is 8.42. The van der Waals surface area contributed by atoms with Gasteiger partial charge in [-0.05, 0) is 18.1 Å². The Kier molecular flexibility index (Phi) is 4.23. The molecule has 0 spiro atoms. The summed E-state index contributed by atoms with van der Waals surface area (Å²) in [5.74, 6) is 0.849. The third kappa shape index (κ3) is 2.64. The van der Waals surface area contributed by atoms with Crippen LogP contribution in [0.4, 0.5) is 0 Å². The van der Waals surface area contributed by atoms with Crippen LogP contribution >= 0.6 is 0 Å². The van der Waals surface area contributed by atoms with E-state index in [4.69, 9.17) is 10.5 Å². The van der Waals surface area contributed by atoms with Gasteiger partial charge in [-0.3, -0.25) is 0 Å². The van der Waals surface area contributed by atoms with Gasteiger partial charge in [0.15, 0.2) is 0 Å². The van der Waals surface area contributed by atoms with Gasteiger partial charge in [-0.25, -0.2) is 0 Å². The van der Waals surface area contributed by atoms with Crippen LogP contribution in [0.25, 0.3) is 0 Å². The van der Waals surface area contributed by atoms with Gasteiger partial charge in [0.1, 0.15) is 5.75 Å². The molecule has 0 aromatic heterocycles. The Hall–Kier alpha value is -1.80. The summed E-state index contributed by atoms with van der Waals surface area (Å²) in [7, 11) is 1.69. The fourth-order valence-corrected chi connectivity index (χ4v) is 2.58. The average Bonchev–Trinajstić information content (AvgIpc) is 2.48. The highest BCUT2D eigenvalue weighted by molar-refractivity contribution is 5.46. The summed E-state index contributed by atoms with van der Waals surface area (Å²) in [4.78, 5) is 0. The van der Waals surface area contributed by atoms with Gasteiger partial charge in [0.25, 0.3) is 0 Å². The minimum atomic E-state index is -0.497. The largest absolute Gasteiger partial charge is 0.496 e. The van der Waals surface area contributed by atoms with Crippen molar-refractivity contribution in [3.63, 3.8) is 0 Å². The lowest BCUT2D eigenvalue weighted by Gasteiger charge is -2.31. The standard InChI is InChI=1S/C17H21NO/c1-3-13-17(18,14-9-5-4-6-10-14)15-11-7-8-12-16(15)19-2/h4-12H,3,13,18H2,1-2H3. The fraction of sp³-hybridized carbons (Fsp3) is 0.294. The van der Waals surface area contributed by atoms with Gasteiger partial charge >= 0.3 is 0 Å². The summed E-state index contributed by atoms with van der Waals surface area (Å²) in [6.45, 7) is 2.15. The molecule has 1 unspecified atom stereocenters. The number of ether oxygens (including phenoxy) is 1. The molecule has 2 aromatic rings.